The molecular weight excluding hydrogens is 296 g/mol. The standard InChI is InChI=1S/C13H11BrN2S/c1-9-4-5-16-11(7-9)13(14)15-12(16)8-10-3-2-6-17-10/h2-7H,8H2,1H3. The van der Waals surface area contributed by atoms with Gasteiger partial charge in [0.05, 0.1) is 5.52 Å². The second kappa shape index (κ2) is 4.27. The van der Waals surface area contributed by atoms with Crippen LogP contribution in [0.1, 0.15) is 16.3 Å². The van der Waals surface area contributed by atoms with Crippen molar-refractivity contribution in [2.75, 3.05) is 0 Å². The highest BCUT2D eigenvalue weighted by atomic mass is 79.9. The Labute approximate surface area is 112 Å². The highest BCUT2D eigenvalue weighted by Gasteiger charge is 2.09. The first-order valence-electron chi connectivity index (χ1n) is 5.39. The van der Waals surface area contributed by atoms with Crippen LogP contribution in [0.2, 0.25) is 0 Å². The van der Waals surface area contributed by atoms with Gasteiger partial charge in [0.1, 0.15) is 10.4 Å². The Morgan fingerprint density at radius 2 is 2.29 bits per heavy atom. The maximum absolute atomic E-state index is 4.59. The molecule has 0 aliphatic rings. The summed E-state index contributed by atoms with van der Waals surface area (Å²) in [6.45, 7) is 2.10. The Balaban J connectivity index is 2.11. The van der Waals surface area contributed by atoms with Crippen molar-refractivity contribution in [1.29, 1.82) is 0 Å². The average Bonchev–Trinajstić information content (AvgIpc) is 2.89. The molecule has 0 spiro atoms. The Morgan fingerprint density at radius 3 is 3.06 bits per heavy atom. The Hall–Kier alpha value is -1.13. The minimum atomic E-state index is 0.882. The van der Waals surface area contributed by atoms with Gasteiger partial charge in [-0.3, -0.25) is 0 Å². The third kappa shape index (κ3) is 2.03. The zero-order valence-corrected chi connectivity index (χ0v) is 11.8. The minimum absolute atomic E-state index is 0.882. The molecule has 0 aliphatic heterocycles. The van der Waals surface area contributed by atoms with E-state index < -0.39 is 0 Å². The van der Waals surface area contributed by atoms with Gasteiger partial charge in [0.15, 0.2) is 0 Å². The van der Waals surface area contributed by atoms with Crippen molar-refractivity contribution >= 4 is 32.8 Å². The number of nitrogens with zero attached hydrogens (tertiary/aromatic N) is 2. The number of rotatable bonds is 2. The molecule has 3 aromatic rings. The highest BCUT2D eigenvalue weighted by Crippen LogP contribution is 2.22. The molecule has 3 aromatic heterocycles. The molecular formula is C13H11BrN2S. The number of thiophene rings is 1. The van der Waals surface area contributed by atoms with E-state index in [0.717, 1.165) is 22.4 Å². The maximum atomic E-state index is 4.59. The first kappa shape index (κ1) is 11.0. The Morgan fingerprint density at radius 1 is 1.41 bits per heavy atom. The predicted octanol–water partition coefficient (Wildman–Crippen LogP) is 4.06. The number of aromatic nitrogens is 2. The Kier molecular flexibility index (Phi) is 2.76. The number of aryl methyl sites for hydroxylation is 1. The second-order valence-corrected chi connectivity index (χ2v) is 5.82. The number of halogens is 1. The van der Waals surface area contributed by atoms with E-state index in [1.165, 1.54) is 10.4 Å². The summed E-state index contributed by atoms with van der Waals surface area (Å²) in [6.07, 6.45) is 2.97. The molecule has 0 atom stereocenters. The monoisotopic (exact) mass is 306 g/mol. The van der Waals surface area contributed by atoms with Crippen LogP contribution in [-0.4, -0.2) is 9.38 Å². The van der Waals surface area contributed by atoms with E-state index in [1.807, 2.05) is 0 Å². The third-order valence-electron chi connectivity index (χ3n) is 2.74. The minimum Gasteiger partial charge on any atom is -0.302 e. The molecule has 0 bridgehead atoms. The van der Waals surface area contributed by atoms with Gasteiger partial charge in [-0.1, -0.05) is 6.07 Å². The van der Waals surface area contributed by atoms with Gasteiger partial charge in [-0.05, 0) is 52.0 Å². The lowest BCUT2D eigenvalue weighted by Gasteiger charge is -2.00. The molecule has 3 heterocycles. The van der Waals surface area contributed by atoms with Crippen LogP contribution in [0.3, 0.4) is 0 Å². The van der Waals surface area contributed by atoms with Crippen molar-refractivity contribution in [3.8, 4) is 0 Å². The summed E-state index contributed by atoms with van der Waals surface area (Å²) in [7, 11) is 0. The first-order chi connectivity index (χ1) is 8.24. The molecule has 0 N–H and O–H groups in total. The average molecular weight is 307 g/mol. The van der Waals surface area contributed by atoms with Crippen LogP contribution in [0.5, 0.6) is 0 Å². The number of imidazole rings is 1. The smallest absolute Gasteiger partial charge is 0.132 e. The second-order valence-electron chi connectivity index (χ2n) is 4.03. The molecule has 0 saturated carbocycles. The fraction of sp³-hybridized carbons (Fsp3) is 0.154. The van der Waals surface area contributed by atoms with Crippen LogP contribution in [0, 0.1) is 6.92 Å². The van der Waals surface area contributed by atoms with Crippen LogP contribution < -0.4 is 0 Å². The molecule has 0 radical (unpaired) electrons. The molecule has 17 heavy (non-hydrogen) atoms. The summed E-state index contributed by atoms with van der Waals surface area (Å²) < 4.78 is 3.07. The van der Waals surface area contributed by atoms with E-state index in [4.69, 9.17) is 0 Å². The summed E-state index contributed by atoms with van der Waals surface area (Å²) in [5.41, 5.74) is 2.39. The summed E-state index contributed by atoms with van der Waals surface area (Å²) >= 11 is 5.30. The summed E-state index contributed by atoms with van der Waals surface area (Å²) in [5, 5.41) is 2.10. The fourth-order valence-corrected chi connectivity index (χ4v) is 3.12. The molecule has 86 valence electrons. The maximum Gasteiger partial charge on any atom is 0.132 e. The van der Waals surface area contributed by atoms with Gasteiger partial charge in [-0.25, -0.2) is 4.98 Å². The fourth-order valence-electron chi connectivity index (χ4n) is 1.91. The van der Waals surface area contributed by atoms with Crippen LogP contribution in [0.4, 0.5) is 0 Å². The SMILES string of the molecule is Cc1ccn2c(Cc3cccs3)nc(Br)c2c1. The molecule has 0 saturated heterocycles. The van der Waals surface area contributed by atoms with E-state index in [1.54, 1.807) is 11.3 Å². The largest absolute Gasteiger partial charge is 0.302 e. The summed E-state index contributed by atoms with van der Waals surface area (Å²) in [5.74, 6) is 1.08. The summed E-state index contributed by atoms with van der Waals surface area (Å²) in [6, 6.07) is 8.48. The van der Waals surface area contributed by atoms with Crippen molar-refractivity contribution < 1.29 is 0 Å². The van der Waals surface area contributed by atoms with Crippen molar-refractivity contribution in [2.45, 2.75) is 13.3 Å². The van der Waals surface area contributed by atoms with Crippen LogP contribution in [0.15, 0.2) is 40.4 Å². The topological polar surface area (TPSA) is 17.3 Å². The van der Waals surface area contributed by atoms with E-state index in [-0.39, 0.29) is 0 Å². The molecule has 0 aromatic carbocycles. The lowest BCUT2D eigenvalue weighted by atomic mass is 10.3. The van der Waals surface area contributed by atoms with Gasteiger partial charge in [0, 0.05) is 17.5 Å². The third-order valence-corrected chi connectivity index (χ3v) is 4.20. The van der Waals surface area contributed by atoms with Crippen LogP contribution in [-0.2, 0) is 6.42 Å². The van der Waals surface area contributed by atoms with Gasteiger partial charge in [0.25, 0.3) is 0 Å². The van der Waals surface area contributed by atoms with Crippen molar-refractivity contribution in [2.24, 2.45) is 0 Å². The predicted molar refractivity (Wildman–Crippen MR) is 74.8 cm³/mol. The van der Waals surface area contributed by atoms with E-state index in [2.05, 4.69) is 68.1 Å². The zero-order valence-electron chi connectivity index (χ0n) is 9.35. The molecule has 2 nitrogen and oxygen atoms in total. The number of hydrogen-bond donors (Lipinski definition) is 0. The first-order valence-corrected chi connectivity index (χ1v) is 7.07. The van der Waals surface area contributed by atoms with Gasteiger partial charge in [0.2, 0.25) is 0 Å². The highest BCUT2D eigenvalue weighted by molar-refractivity contribution is 9.10. The van der Waals surface area contributed by atoms with Crippen molar-refractivity contribution in [3.05, 3.63) is 56.7 Å². The van der Waals surface area contributed by atoms with Gasteiger partial charge < -0.3 is 4.40 Å². The van der Waals surface area contributed by atoms with E-state index in [9.17, 15) is 0 Å². The lowest BCUT2D eigenvalue weighted by Crippen LogP contribution is -1.94. The molecule has 0 fully saturated rings. The van der Waals surface area contributed by atoms with E-state index >= 15 is 0 Å². The van der Waals surface area contributed by atoms with Gasteiger partial charge in [-0.15, -0.1) is 11.3 Å². The quantitative estimate of drug-likeness (QED) is 0.698. The zero-order chi connectivity index (χ0) is 11.8. The van der Waals surface area contributed by atoms with Crippen molar-refractivity contribution in [1.82, 2.24) is 9.38 Å². The molecule has 4 heteroatoms. The van der Waals surface area contributed by atoms with Crippen LogP contribution in [0.25, 0.3) is 5.52 Å². The van der Waals surface area contributed by atoms with Gasteiger partial charge >= 0.3 is 0 Å². The molecule has 3 rings (SSSR count). The molecule has 0 unspecified atom stereocenters. The molecule has 0 amide bonds. The number of hydrogen-bond acceptors (Lipinski definition) is 2. The Bertz CT molecular complexity index is 655. The number of fused-ring (bicyclic) bond motifs is 1. The van der Waals surface area contributed by atoms with Crippen LogP contribution >= 0.6 is 27.3 Å². The van der Waals surface area contributed by atoms with E-state index in [0.29, 0.717) is 0 Å². The summed E-state index contributed by atoms with van der Waals surface area (Å²) in [4.78, 5) is 5.93. The van der Waals surface area contributed by atoms with Gasteiger partial charge in [-0.2, -0.15) is 0 Å². The normalized spacial score (nSPS) is 11.2. The lowest BCUT2D eigenvalue weighted by molar-refractivity contribution is 0.969. The molecule has 0 aliphatic carbocycles. The van der Waals surface area contributed by atoms with Crippen molar-refractivity contribution in [3.63, 3.8) is 0 Å². The number of pyridine rings is 1.